The van der Waals surface area contributed by atoms with Gasteiger partial charge in [0.2, 0.25) is 5.95 Å². The van der Waals surface area contributed by atoms with Crippen LogP contribution in [-0.4, -0.2) is 27.1 Å². The molecule has 0 saturated carbocycles. The minimum Gasteiger partial charge on any atom is -0.480 e. The fourth-order valence-corrected chi connectivity index (χ4v) is 1.26. The molecule has 1 aromatic rings. The van der Waals surface area contributed by atoms with Crippen LogP contribution in [0.3, 0.4) is 0 Å². The lowest BCUT2D eigenvalue weighted by Crippen LogP contribution is -2.26. The lowest BCUT2D eigenvalue weighted by molar-refractivity contribution is -0.137. The van der Waals surface area contributed by atoms with Crippen molar-refractivity contribution in [3.8, 4) is 0 Å². The van der Waals surface area contributed by atoms with Crippen molar-refractivity contribution in [3.05, 3.63) is 18.0 Å². The predicted molar refractivity (Wildman–Crippen MR) is 61.3 cm³/mol. The van der Waals surface area contributed by atoms with Crippen molar-refractivity contribution >= 4 is 11.9 Å². The molecule has 0 fully saturated rings. The number of aliphatic carboxylic acids is 1. The van der Waals surface area contributed by atoms with Gasteiger partial charge in [0.1, 0.15) is 6.04 Å². The third kappa shape index (κ3) is 3.84. The molecule has 0 bridgehead atoms. The summed E-state index contributed by atoms with van der Waals surface area (Å²) >= 11 is 0. The van der Waals surface area contributed by atoms with Crippen LogP contribution >= 0.6 is 0 Å². The van der Waals surface area contributed by atoms with Crippen LogP contribution in [0.15, 0.2) is 12.4 Å². The van der Waals surface area contributed by atoms with Crippen molar-refractivity contribution in [2.24, 2.45) is 5.92 Å². The quantitative estimate of drug-likeness (QED) is 0.792. The van der Waals surface area contributed by atoms with Crippen molar-refractivity contribution in [1.29, 1.82) is 0 Å². The predicted octanol–water partition coefficient (Wildman–Crippen LogP) is 1.56. The van der Waals surface area contributed by atoms with E-state index in [1.807, 2.05) is 0 Å². The zero-order chi connectivity index (χ0) is 12.1. The number of nitrogens with one attached hydrogen (secondary N) is 1. The molecule has 5 nitrogen and oxygen atoms in total. The van der Waals surface area contributed by atoms with Gasteiger partial charge in [-0.3, -0.25) is 4.79 Å². The maximum absolute atomic E-state index is 10.6. The van der Waals surface area contributed by atoms with Gasteiger partial charge in [-0.1, -0.05) is 13.8 Å². The zero-order valence-electron chi connectivity index (χ0n) is 9.77. The average Bonchev–Trinajstić information content (AvgIpc) is 2.20. The average molecular weight is 223 g/mol. The Labute approximate surface area is 94.9 Å². The standard InChI is InChI=1S/C11H17N3O2/c1-7(2)4-9-5-12-11(13-6-9)14-8(3)10(15)16/h5-8H,4H2,1-3H3,(H,15,16)(H,12,13,14). The van der Waals surface area contributed by atoms with Gasteiger partial charge in [-0.05, 0) is 24.8 Å². The van der Waals surface area contributed by atoms with Gasteiger partial charge in [0.05, 0.1) is 0 Å². The van der Waals surface area contributed by atoms with Gasteiger partial charge in [0, 0.05) is 12.4 Å². The first-order chi connectivity index (χ1) is 7.49. The molecule has 1 aromatic heterocycles. The second-order valence-corrected chi connectivity index (χ2v) is 4.22. The second kappa shape index (κ2) is 5.44. The first kappa shape index (κ1) is 12.4. The summed E-state index contributed by atoms with van der Waals surface area (Å²) in [5.41, 5.74) is 1.06. The molecule has 0 aliphatic carbocycles. The monoisotopic (exact) mass is 223 g/mol. The molecule has 0 aliphatic rings. The highest BCUT2D eigenvalue weighted by Crippen LogP contribution is 2.07. The highest BCUT2D eigenvalue weighted by molar-refractivity contribution is 5.75. The Balaban J connectivity index is 2.61. The van der Waals surface area contributed by atoms with Crippen LogP contribution in [0.2, 0.25) is 0 Å². The lowest BCUT2D eigenvalue weighted by atomic mass is 10.1. The van der Waals surface area contributed by atoms with Gasteiger partial charge in [-0.2, -0.15) is 0 Å². The molecular weight excluding hydrogens is 206 g/mol. The van der Waals surface area contributed by atoms with Crippen molar-refractivity contribution in [2.45, 2.75) is 33.2 Å². The van der Waals surface area contributed by atoms with Gasteiger partial charge in [0.15, 0.2) is 0 Å². The Bertz CT molecular complexity index is 349. The summed E-state index contributed by atoms with van der Waals surface area (Å²) in [4.78, 5) is 18.7. The molecule has 1 heterocycles. The van der Waals surface area contributed by atoms with E-state index in [1.165, 1.54) is 0 Å². The lowest BCUT2D eigenvalue weighted by Gasteiger charge is -2.09. The van der Waals surface area contributed by atoms with Crippen LogP contribution < -0.4 is 5.32 Å². The van der Waals surface area contributed by atoms with E-state index in [9.17, 15) is 4.79 Å². The summed E-state index contributed by atoms with van der Waals surface area (Å²) in [7, 11) is 0. The van der Waals surface area contributed by atoms with Crippen molar-refractivity contribution < 1.29 is 9.90 Å². The van der Waals surface area contributed by atoms with E-state index in [1.54, 1.807) is 19.3 Å². The number of carbonyl (C=O) groups is 1. The molecule has 16 heavy (non-hydrogen) atoms. The number of carboxylic acids is 1. The normalized spacial score (nSPS) is 12.5. The highest BCUT2D eigenvalue weighted by atomic mass is 16.4. The van der Waals surface area contributed by atoms with E-state index in [0.717, 1.165) is 12.0 Å². The number of rotatable bonds is 5. The minimum absolute atomic E-state index is 0.349. The second-order valence-electron chi connectivity index (χ2n) is 4.22. The van der Waals surface area contributed by atoms with E-state index >= 15 is 0 Å². The molecule has 0 saturated heterocycles. The van der Waals surface area contributed by atoms with Gasteiger partial charge < -0.3 is 10.4 Å². The van der Waals surface area contributed by atoms with Gasteiger partial charge in [-0.25, -0.2) is 9.97 Å². The number of hydrogen-bond acceptors (Lipinski definition) is 4. The van der Waals surface area contributed by atoms with E-state index in [2.05, 4.69) is 29.1 Å². The SMILES string of the molecule is CC(C)Cc1cnc(NC(C)C(=O)O)nc1. The van der Waals surface area contributed by atoms with Gasteiger partial charge in [-0.15, -0.1) is 0 Å². The number of hydrogen-bond donors (Lipinski definition) is 2. The molecule has 0 amide bonds. The molecular formula is C11H17N3O2. The highest BCUT2D eigenvalue weighted by Gasteiger charge is 2.11. The third-order valence-electron chi connectivity index (χ3n) is 2.07. The molecule has 0 radical (unpaired) electrons. The number of nitrogens with zero attached hydrogens (tertiary/aromatic N) is 2. The molecule has 1 atom stereocenters. The summed E-state index contributed by atoms with van der Waals surface area (Å²) in [6.45, 7) is 5.80. The van der Waals surface area contributed by atoms with E-state index in [4.69, 9.17) is 5.11 Å². The Morgan fingerprint density at radius 1 is 1.38 bits per heavy atom. The Kier molecular flexibility index (Phi) is 4.22. The van der Waals surface area contributed by atoms with E-state index in [-0.39, 0.29) is 0 Å². The molecule has 88 valence electrons. The fraction of sp³-hybridized carbons (Fsp3) is 0.545. The molecule has 1 rings (SSSR count). The maximum Gasteiger partial charge on any atom is 0.325 e. The van der Waals surface area contributed by atoms with Crippen LogP contribution in [0.25, 0.3) is 0 Å². The smallest absolute Gasteiger partial charge is 0.325 e. The first-order valence-corrected chi connectivity index (χ1v) is 5.29. The number of aromatic nitrogens is 2. The Hall–Kier alpha value is -1.65. The van der Waals surface area contributed by atoms with Crippen molar-refractivity contribution in [1.82, 2.24) is 9.97 Å². The van der Waals surface area contributed by atoms with E-state index < -0.39 is 12.0 Å². The van der Waals surface area contributed by atoms with E-state index in [0.29, 0.717) is 11.9 Å². The summed E-state index contributed by atoms with van der Waals surface area (Å²) in [6, 6.07) is -0.684. The zero-order valence-corrected chi connectivity index (χ0v) is 9.77. The summed E-state index contributed by atoms with van der Waals surface area (Å²) in [6.07, 6.45) is 4.38. The summed E-state index contributed by atoms with van der Waals surface area (Å²) in [5.74, 6) is -0.0161. The van der Waals surface area contributed by atoms with Crippen LogP contribution in [0.1, 0.15) is 26.3 Å². The third-order valence-corrected chi connectivity index (χ3v) is 2.07. The first-order valence-electron chi connectivity index (χ1n) is 5.29. The molecule has 5 heteroatoms. The molecule has 0 spiro atoms. The summed E-state index contributed by atoms with van der Waals surface area (Å²) in [5, 5.41) is 11.4. The molecule has 0 aromatic carbocycles. The fourth-order valence-electron chi connectivity index (χ4n) is 1.26. The largest absolute Gasteiger partial charge is 0.480 e. The topological polar surface area (TPSA) is 75.1 Å². The molecule has 0 aliphatic heterocycles. The maximum atomic E-state index is 10.6. The number of carboxylic acid groups (broad SMARTS) is 1. The Morgan fingerprint density at radius 3 is 2.38 bits per heavy atom. The van der Waals surface area contributed by atoms with Crippen LogP contribution in [-0.2, 0) is 11.2 Å². The minimum atomic E-state index is -0.921. The van der Waals surface area contributed by atoms with Crippen LogP contribution in [0, 0.1) is 5.92 Å². The molecule has 2 N–H and O–H groups in total. The van der Waals surface area contributed by atoms with Gasteiger partial charge in [0.25, 0.3) is 0 Å². The van der Waals surface area contributed by atoms with Crippen LogP contribution in [0.5, 0.6) is 0 Å². The van der Waals surface area contributed by atoms with Gasteiger partial charge >= 0.3 is 5.97 Å². The molecule has 1 unspecified atom stereocenters. The summed E-state index contributed by atoms with van der Waals surface area (Å²) < 4.78 is 0. The van der Waals surface area contributed by atoms with Crippen molar-refractivity contribution in [2.75, 3.05) is 5.32 Å². The Morgan fingerprint density at radius 2 is 1.94 bits per heavy atom. The van der Waals surface area contributed by atoms with Crippen LogP contribution in [0.4, 0.5) is 5.95 Å². The van der Waals surface area contributed by atoms with Crippen molar-refractivity contribution in [3.63, 3.8) is 0 Å². The number of anilines is 1.